The van der Waals surface area contributed by atoms with E-state index in [0.717, 1.165) is 44.1 Å². The highest BCUT2D eigenvalue weighted by atomic mass is 32.2. The van der Waals surface area contributed by atoms with Crippen LogP contribution in [0.15, 0.2) is 29.2 Å². The second-order valence-electron chi connectivity index (χ2n) is 9.32. The van der Waals surface area contributed by atoms with Crippen LogP contribution in [0.3, 0.4) is 0 Å². The van der Waals surface area contributed by atoms with E-state index in [1.165, 1.54) is 10.7 Å². The Morgan fingerprint density at radius 1 is 1.00 bits per heavy atom. The molecule has 0 radical (unpaired) electrons. The Hall–Kier alpha value is -1.40. The van der Waals surface area contributed by atoms with E-state index in [2.05, 4.69) is 26.1 Å². The number of piperidine rings is 1. The number of amides is 1. The maximum atomic E-state index is 13.1. The summed E-state index contributed by atoms with van der Waals surface area (Å²) in [5, 5.41) is 3.13. The third-order valence-corrected chi connectivity index (χ3v) is 7.94. The Morgan fingerprint density at radius 3 is 2.25 bits per heavy atom. The fourth-order valence-corrected chi connectivity index (χ4v) is 5.76. The number of sulfonamides is 1. The van der Waals surface area contributed by atoms with E-state index in [9.17, 15) is 13.2 Å². The predicted molar refractivity (Wildman–Crippen MR) is 112 cm³/mol. The molecular weight excluding hydrogens is 372 g/mol. The van der Waals surface area contributed by atoms with Crippen LogP contribution in [0.2, 0.25) is 0 Å². The number of carbonyl (C=O) groups is 1. The molecule has 1 saturated heterocycles. The molecule has 1 aliphatic heterocycles. The number of rotatable bonds is 4. The van der Waals surface area contributed by atoms with Gasteiger partial charge in [0.15, 0.2) is 0 Å². The van der Waals surface area contributed by atoms with Gasteiger partial charge in [0, 0.05) is 25.0 Å². The molecule has 5 nitrogen and oxygen atoms in total. The van der Waals surface area contributed by atoms with Crippen molar-refractivity contribution < 1.29 is 13.2 Å². The lowest BCUT2D eigenvalue weighted by Gasteiger charge is -2.33. The topological polar surface area (TPSA) is 66.5 Å². The van der Waals surface area contributed by atoms with Crippen molar-refractivity contribution in [1.82, 2.24) is 9.62 Å². The molecule has 1 unspecified atom stereocenters. The molecule has 0 spiro atoms. The zero-order chi connectivity index (χ0) is 20.4. The average molecular weight is 407 g/mol. The second kappa shape index (κ2) is 8.54. The average Bonchev–Trinajstić information content (AvgIpc) is 2.68. The summed E-state index contributed by atoms with van der Waals surface area (Å²) in [7, 11) is -3.54. The van der Waals surface area contributed by atoms with Crippen molar-refractivity contribution in [3.63, 3.8) is 0 Å². The van der Waals surface area contributed by atoms with E-state index in [4.69, 9.17) is 0 Å². The van der Waals surface area contributed by atoms with Crippen LogP contribution in [0.5, 0.6) is 0 Å². The molecule has 1 atom stereocenters. The SMILES string of the molecule is CC(C)(C)c1ccc(S(=O)(=O)N2CCCC(NC(=O)C3CCCCC3)C2)cc1. The zero-order valence-electron chi connectivity index (χ0n) is 17.4. The van der Waals surface area contributed by atoms with Gasteiger partial charge in [0.25, 0.3) is 0 Å². The van der Waals surface area contributed by atoms with Crippen molar-refractivity contribution in [1.29, 1.82) is 0 Å². The summed E-state index contributed by atoms with van der Waals surface area (Å²) < 4.78 is 27.7. The summed E-state index contributed by atoms with van der Waals surface area (Å²) in [6.07, 6.45) is 6.98. The van der Waals surface area contributed by atoms with Crippen molar-refractivity contribution >= 4 is 15.9 Å². The molecule has 0 bridgehead atoms. The van der Waals surface area contributed by atoms with Gasteiger partial charge in [-0.25, -0.2) is 8.42 Å². The van der Waals surface area contributed by atoms with Gasteiger partial charge in [0.05, 0.1) is 4.90 Å². The van der Waals surface area contributed by atoms with Crippen LogP contribution in [-0.4, -0.2) is 37.8 Å². The van der Waals surface area contributed by atoms with Crippen LogP contribution in [0.1, 0.15) is 71.3 Å². The minimum absolute atomic E-state index is 0.0120. The van der Waals surface area contributed by atoms with Crippen molar-refractivity contribution in [2.24, 2.45) is 5.92 Å². The van der Waals surface area contributed by atoms with E-state index in [0.29, 0.717) is 18.0 Å². The number of nitrogens with one attached hydrogen (secondary N) is 1. The predicted octanol–water partition coefficient (Wildman–Crippen LogP) is 3.83. The Morgan fingerprint density at radius 2 is 1.64 bits per heavy atom. The largest absolute Gasteiger partial charge is 0.352 e. The number of hydrogen-bond acceptors (Lipinski definition) is 3. The third-order valence-electron chi connectivity index (χ3n) is 6.06. The lowest BCUT2D eigenvalue weighted by atomic mass is 9.87. The summed E-state index contributed by atoms with van der Waals surface area (Å²) in [5.74, 6) is 0.212. The molecule has 2 fully saturated rings. The van der Waals surface area contributed by atoms with Gasteiger partial charge in [-0.1, -0.05) is 52.2 Å². The molecule has 3 rings (SSSR count). The molecule has 0 aromatic heterocycles. The normalized spacial score (nSPS) is 22.8. The fraction of sp³-hybridized carbons (Fsp3) is 0.682. The monoisotopic (exact) mass is 406 g/mol. The zero-order valence-corrected chi connectivity index (χ0v) is 18.2. The summed E-state index contributed by atoms with van der Waals surface area (Å²) in [6, 6.07) is 7.13. The summed E-state index contributed by atoms with van der Waals surface area (Å²) in [4.78, 5) is 12.9. The van der Waals surface area contributed by atoms with Gasteiger partial charge in [-0.2, -0.15) is 4.31 Å². The molecule has 2 aliphatic rings. The third kappa shape index (κ3) is 4.95. The van der Waals surface area contributed by atoms with E-state index in [-0.39, 0.29) is 23.3 Å². The molecule has 1 N–H and O–H groups in total. The van der Waals surface area contributed by atoms with Crippen molar-refractivity contribution in [3.05, 3.63) is 29.8 Å². The standard InChI is InChI=1S/C22H34N2O3S/c1-22(2,3)18-11-13-20(14-12-18)28(26,27)24-15-7-10-19(16-24)23-21(25)17-8-5-4-6-9-17/h11-14,17,19H,4-10,15-16H2,1-3H3,(H,23,25). The Bertz CT molecular complexity index is 775. The Kier molecular flexibility index (Phi) is 6.50. The van der Waals surface area contributed by atoms with Crippen LogP contribution >= 0.6 is 0 Å². The van der Waals surface area contributed by atoms with Crippen molar-refractivity contribution in [2.45, 2.75) is 82.1 Å². The quantitative estimate of drug-likeness (QED) is 0.826. The second-order valence-corrected chi connectivity index (χ2v) is 11.3. The molecule has 1 amide bonds. The molecule has 1 aliphatic carbocycles. The lowest BCUT2D eigenvalue weighted by molar-refractivity contribution is -0.126. The summed E-state index contributed by atoms with van der Waals surface area (Å²) >= 11 is 0. The van der Waals surface area contributed by atoms with Crippen LogP contribution in [0, 0.1) is 5.92 Å². The fourth-order valence-electron chi connectivity index (χ4n) is 4.24. The van der Waals surface area contributed by atoms with E-state index in [1.54, 1.807) is 12.1 Å². The van der Waals surface area contributed by atoms with Gasteiger partial charge >= 0.3 is 0 Å². The van der Waals surface area contributed by atoms with Gasteiger partial charge in [-0.15, -0.1) is 0 Å². The first-order chi connectivity index (χ1) is 13.2. The van der Waals surface area contributed by atoms with Crippen molar-refractivity contribution in [3.8, 4) is 0 Å². The minimum atomic E-state index is -3.54. The molecule has 28 heavy (non-hydrogen) atoms. The van der Waals surface area contributed by atoms with Crippen LogP contribution in [0.4, 0.5) is 0 Å². The molecule has 1 aromatic rings. The maximum absolute atomic E-state index is 13.1. The first kappa shape index (κ1) is 21.3. The molecule has 6 heteroatoms. The van der Waals surface area contributed by atoms with Gasteiger partial charge in [-0.05, 0) is 48.8 Å². The number of nitrogens with zero attached hydrogens (tertiary/aromatic N) is 1. The van der Waals surface area contributed by atoms with E-state index >= 15 is 0 Å². The van der Waals surface area contributed by atoms with Crippen LogP contribution in [0.25, 0.3) is 0 Å². The molecule has 1 heterocycles. The number of carbonyl (C=O) groups excluding carboxylic acids is 1. The molecule has 1 saturated carbocycles. The van der Waals surface area contributed by atoms with Gasteiger partial charge in [-0.3, -0.25) is 4.79 Å². The first-order valence-corrected chi connectivity index (χ1v) is 12.0. The van der Waals surface area contributed by atoms with Gasteiger partial charge < -0.3 is 5.32 Å². The molecular formula is C22H34N2O3S. The maximum Gasteiger partial charge on any atom is 0.243 e. The van der Waals surface area contributed by atoms with Gasteiger partial charge in [0.1, 0.15) is 0 Å². The lowest BCUT2D eigenvalue weighted by Crippen LogP contribution is -2.50. The minimum Gasteiger partial charge on any atom is -0.352 e. The van der Waals surface area contributed by atoms with Crippen LogP contribution < -0.4 is 5.32 Å². The Labute approximate surface area is 169 Å². The van der Waals surface area contributed by atoms with Crippen LogP contribution in [-0.2, 0) is 20.2 Å². The summed E-state index contributed by atoms with van der Waals surface area (Å²) in [6.45, 7) is 7.21. The number of hydrogen-bond donors (Lipinski definition) is 1. The number of benzene rings is 1. The highest BCUT2D eigenvalue weighted by Gasteiger charge is 2.32. The highest BCUT2D eigenvalue weighted by molar-refractivity contribution is 7.89. The molecule has 1 aromatic carbocycles. The van der Waals surface area contributed by atoms with E-state index < -0.39 is 10.0 Å². The van der Waals surface area contributed by atoms with E-state index in [1.807, 2.05) is 12.1 Å². The summed E-state index contributed by atoms with van der Waals surface area (Å²) in [5.41, 5.74) is 1.10. The smallest absolute Gasteiger partial charge is 0.243 e. The van der Waals surface area contributed by atoms with Crippen molar-refractivity contribution in [2.75, 3.05) is 13.1 Å². The Balaban J connectivity index is 1.66. The first-order valence-electron chi connectivity index (χ1n) is 10.6. The van der Waals surface area contributed by atoms with Gasteiger partial charge in [0.2, 0.25) is 15.9 Å². The molecule has 156 valence electrons. The highest BCUT2D eigenvalue weighted by Crippen LogP contribution is 2.27.